The molecular formula is C24H19N3O7S. The predicted molar refractivity (Wildman–Crippen MR) is 125 cm³/mol. The number of para-hydroxylation sites is 2. The van der Waals surface area contributed by atoms with Gasteiger partial charge in [-0.1, -0.05) is 24.3 Å². The molecule has 178 valence electrons. The molecule has 0 bridgehead atoms. The zero-order chi connectivity index (χ0) is 24.8. The van der Waals surface area contributed by atoms with Crippen LogP contribution in [0.5, 0.6) is 11.5 Å². The largest absolute Gasteiger partial charge is 0.486 e. The third-order valence-electron chi connectivity index (χ3n) is 4.87. The normalized spacial score (nSPS) is 12.2. The summed E-state index contributed by atoms with van der Waals surface area (Å²) < 4.78 is 44.2. The van der Waals surface area contributed by atoms with Crippen molar-refractivity contribution in [2.75, 3.05) is 29.9 Å². The van der Waals surface area contributed by atoms with Crippen molar-refractivity contribution in [1.82, 2.24) is 0 Å². The van der Waals surface area contributed by atoms with Crippen molar-refractivity contribution < 1.29 is 32.2 Å². The van der Waals surface area contributed by atoms with Gasteiger partial charge in [0.2, 0.25) is 0 Å². The molecule has 35 heavy (non-hydrogen) atoms. The number of benzene rings is 3. The molecule has 0 aliphatic carbocycles. The zero-order valence-corrected chi connectivity index (χ0v) is 19.0. The Labute approximate surface area is 201 Å². The fourth-order valence-electron chi connectivity index (χ4n) is 3.23. The van der Waals surface area contributed by atoms with Crippen molar-refractivity contribution in [3.8, 4) is 17.6 Å². The van der Waals surface area contributed by atoms with Crippen LogP contribution in [0.3, 0.4) is 0 Å². The molecule has 1 heterocycles. The number of nitriles is 1. The Balaban J connectivity index is 1.45. The Hall–Kier alpha value is -4.56. The summed E-state index contributed by atoms with van der Waals surface area (Å²) in [6.45, 7) is 0.0335. The quantitative estimate of drug-likeness (QED) is 0.478. The minimum Gasteiger partial charge on any atom is -0.486 e. The summed E-state index contributed by atoms with van der Waals surface area (Å²) in [7, 11) is -4.09. The van der Waals surface area contributed by atoms with Crippen molar-refractivity contribution in [2.24, 2.45) is 0 Å². The number of ether oxygens (including phenoxy) is 3. The number of fused-ring (bicyclic) bond motifs is 1. The average Bonchev–Trinajstić information content (AvgIpc) is 2.87. The molecule has 0 atom stereocenters. The van der Waals surface area contributed by atoms with Gasteiger partial charge in [-0.05, 0) is 36.4 Å². The summed E-state index contributed by atoms with van der Waals surface area (Å²) in [6.07, 6.45) is 0. The molecule has 2 N–H and O–H groups in total. The second-order valence-corrected chi connectivity index (χ2v) is 8.92. The summed E-state index contributed by atoms with van der Waals surface area (Å²) in [4.78, 5) is 24.8. The molecule has 0 spiro atoms. The maximum Gasteiger partial charge on any atom is 0.340 e. The van der Waals surface area contributed by atoms with Crippen molar-refractivity contribution in [2.45, 2.75) is 4.90 Å². The Bertz CT molecular complexity index is 1430. The van der Waals surface area contributed by atoms with Crippen LogP contribution in [0.15, 0.2) is 71.6 Å². The molecule has 11 heteroatoms. The standard InChI is InChI=1S/C24H19N3O7S/c25-14-16-5-1-3-7-19(16)26-23(28)15-34-24(29)18-6-2-4-8-20(18)27-35(30,31)17-9-10-21-22(13-17)33-12-11-32-21/h1-10,13,27H,11-12,15H2,(H,26,28). The lowest BCUT2D eigenvalue weighted by Crippen LogP contribution is -2.22. The highest BCUT2D eigenvalue weighted by atomic mass is 32.2. The van der Waals surface area contributed by atoms with Crippen molar-refractivity contribution in [3.63, 3.8) is 0 Å². The number of nitrogens with zero attached hydrogens (tertiary/aromatic N) is 1. The van der Waals surface area contributed by atoms with Crippen molar-refractivity contribution in [1.29, 1.82) is 5.26 Å². The topological polar surface area (TPSA) is 144 Å². The lowest BCUT2D eigenvalue weighted by Gasteiger charge is -2.19. The van der Waals surface area contributed by atoms with E-state index in [1.807, 2.05) is 6.07 Å². The van der Waals surface area contributed by atoms with Gasteiger partial charge in [0.05, 0.1) is 27.4 Å². The van der Waals surface area contributed by atoms with Crippen LogP contribution in [0.4, 0.5) is 11.4 Å². The highest BCUT2D eigenvalue weighted by Gasteiger charge is 2.22. The van der Waals surface area contributed by atoms with E-state index in [1.54, 1.807) is 24.3 Å². The average molecular weight is 493 g/mol. The van der Waals surface area contributed by atoms with E-state index in [-0.39, 0.29) is 27.4 Å². The third-order valence-corrected chi connectivity index (χ3v) is 6.23. The molecule has 0 aromatic heterocycles. The van der Waals surface area contributed by atoms with Gasteiger partial charge in [-0.2, -0.15) is 5.26 Å². The van der Waals surface area contributed by atoms with E-state index < -0.39 is 28.5 Å². The molecule has 0 fully saturated rings. The number of esters is 1. The van der Waals surface area contributed by atoms with E-state index >= 15 is 0 Å². The molecule has 0 saturated heterocycles. The molecule has 10 nitrogen and oxygen atoms in total. The lowest BCUT2D eigenvalue weighted by molar-refractivity contribution is -0.119. The highest BCUT2D eigenvalue weighted by Crippen LogP contribution is 2.33. The number of nitrogens with one attached hydrogen (secondary N) is 2. The van der Waals surface area contributed by atoms with Crippen LogP contribution in [-0.4, -0.2) is 40.1 Å². The molecule has 3 aromatic carbocycles. The van der Waals surface area contributed by atoms with Crippen LogP contribution >= 0.6 is 0 Å². The number of hydrogen-bond acceptors (Lipinski definition) is 8. The van der Waals surface area contributed by atoms with E-state index in [1.165, 1.54) is 42.5 Å². The molecular weight excluding hydrogens is 474 g/mol. The number of anilines is 2. The van der Waals surface area contributed by atoms with Gasteiger partial charge >= 0.3 is 5.97 Å². The summed E-state index contributed by atoms with van der Waals surface area (Å²) in [6, 6.07) is 18.3. The highest BCUT2D eigenvalue weighted by molar-refractivity contribution is 7.92. The molecule has 1 amide bonds. The fourth-order valence-corrected chi connectivity index (χ4v) is 4.32. The minimum absolute atomic E-state index is 0.0253. The van der Waals surface area contributed by atoms with E-state index in [2.05, 4.69) is 10.0 Å². The van der Waals surface area contributed by atoms with Crippen LogP contribution in [0.25, 0.3) is 0 Å². The van der Waals surface area contributed by atoms with Crippen LogP contribution in [0.1, 0.15) is 15.9 Å². The lowest BCUT2D eigenvalue weighted by atomic mass is 10.2. The zero-order valence-electron chi connectivity index (χ0n) is 18.2. The van der Waals surface area contributed by atoms with Crippen LogP contribution in [0.2, 0.25) is 0 Å². The third kappa shape index (κ3) is 5.51. The summed E-state index contributed by atoms with van der Waals surface area (Å²) in [5.41, 5.74) is 0.427. The SMILES string of the molecule is N#Cc1ccccc1NC(=O)COC(=O)c1ccccc1NS(=O)(=O)c1ccc2c(c1)OCCO2. The second-order valence-electron chi connectivity index (χ2n) is 7.24. The van der Waals surface area contributed by atoms with Gasteiger partial charge in [-0.3, -0.25) is 9.52 Å². The number of amides is 1. The summed E-state index contributed by atoms with van der Waals surface area (Å²) >= 11 is 0. The smallest absolute Gasteiger partial charge is 0.340 e. The van der Waals surface area contributed by atoms with Crippen molar-refractivity contribution >= 4 is 33.3 Å². The van der Waals surface area contributed by atoms with Crippen LogP contribution in [0, 0.1) is 11.3 Å². The molecule has 4 rings (SSSR count). The number of sulfonamides is 1. The van der Waals surface area contributed by atoms with Gasteiger partial charge in [0.25, 0.3) is 15.9 Å². The molecule has 0 unspecified atom stereocenters. The van der Waals surface area contributed by atoms with Gasteiger partial charge in [0.1, 0.15) is 19.3 Å². The Morgan fingerprint density at radius 3 is 2.40 bits per heavy atom. The summed E-state index contributed by atoms with van der Waals surface area (Å²) in [5, 5.41) is 11.6. The number of carbonyl (C=O) groups excluding carboxylic acids is 2. The van der Waals surface area contributed by atoms with E-state index in [9.17, 15) is 18.0 Å². The maximum atomic E-state index is 12.9. The first-order valence-corrected chi connectivity index (χ1v) is 11.8. The van der Waals surface area contributed by atoms with Crippen molar-refractivity contribution in [3.05, 3.63) is 77.9 Å². The summed E-state index contributed by atoms with van der Waals surface area (Å²) in [5.74, 6) is -0.824. The van der Waals surface area contributed by atoms with E-state index in [0.29, 0.717) is 24.7 Å². The maximum absolute atomic E-state index is 12.9. The van der Waals surface area contributed by atoms with Gasteiger partial charge in [-0.25, -0.2) is 13.2 Å². The van der Waals surface area contributed by atoms with Gasteiger partial charge in [0.15, 0.2) is 18.1 Å². The van der Waals surface area contributed by atoms with E-state index in [0.717, 1.165) is 0 Å². The number of hydrogen-bond donors (Lipinski definition) is 2. The molecule has 0 saturated carbocycles. The van der Waals surface area contributed by atoms with E-state index in [4.69, 9.17) is 19.5 Å². The van der Waals surface area contributed by atoms with Gasteiger partial charge < -0.3 is 19.5 Å². The number of carbonyl (C=O) groups is 2. The molecule has 3 aromatic rings. The van der Waals surface area contributed by atoms with Gasteiger partial charge in [-0.15, -0.1) is 0 Å². The Morgan fingerprint density at radius 2 is 1.63 bits per heavy atom. The first-order valence-electron chi connectivity index (χ1n) is 10.3. The Morgan fingerprint density at radius 1 is 0.943 bits per heavy atom. The molecule has 0 radical (unpaired) electrons. The van der Waals surface area contributed by atoms with Gasteiger partial charge in [0, 0.05) is 6.07 Å². The van der Waals surface area contributed by atoms with Crippen LogP contribution < -0.4 is 19.5 Å². The molecule has 1 aliphatic rings. The number of rotatable bonds is 7. The minimum atomic E-state index is -4.09. The first kappa shape index (κ1) is 23.6. The molecule has 1 aliphatic heterocycles. The predicted octanol–water partition coefficient (Wildman–Crippen LogP) is 2.93. The first-order chi connectivity index (χ1) is 16.9. The van der Waals surface area contributed by atoms with Crippen LogP contribution in [-0.2, 0) is 19.6 Å². The second kappa shape index (κ2) is 10.1. The Kier molecular flexibility index (Phi) is 6.84. The monoisotopic (exact) mass is 493 g/mol. The fraction of sp³-hybridized carbons (Fsp3) is 0.125.